The SMILES string of the molecule is COc1ccc(C(=O)NNC(=O)c2nnn(-c3ccc(F)cc3)c2C(F)(F)F)cc1OC. The smallest absolute Gasteiger partial charge is 0.435 e. The number of benzene rings is 2. The molecule has 0 radical (unpaired) electrons. The van der Waals surface area contributed by atoms with Gasteiger partial charge in [0.25, 0.3) is 11.8 Å². The van der Waals surface area contributed by atoms with E-state index in [1.165, 1.54) is 32.4 Å². The standard InChI is InChI=1S/C19H15F4N5O4/c1-31-13-8-3-10(9-14(13)32-2)17(29)25-26-18(30)15-16(19(21,22)23)28(27-24-15)12-6-4-11(20)5-7-12/h3-9H,1-2H3,(H,25,29)(H,26,30). The number of alkyl halides is 3. The van der Waals surface area contributed by atoms with Crippen LogP contribution in [0.2, 0.25) is 0 Å². The molecule has 0 saturated carbocycles. The van der Waals surface area contributed by atoms with Crippen LogP contribution in [-0.2, 0) is 6.18 Å². The minimum absolute atomic E-state index is 0.0361. The summed E-state index contributed by atoms with van der Waals surface area (Å²) in [5.74, 6) is -2.29. The Balaban J connectivity index is 1.82. The Kier molecular flexibility index (Phi) is 6.27. The molecule has 0 bridgehead atoms. The quantitative estimate of drug-likeness (QED) is 0.454. The number of amides is 2. The lowest BCUT2D eigenvalue weighted by Crippen LogP contribution is -2.42. The topological polar surface area (TPSA) is 107 Å². The van der Waals surface area contributed by atoms with E-state index >= 15 is 0 Å². The molecule has 1 aromatic heterocycles. The minimum Gasteiger partial charge on any atom is -0.493 e. The molecular formula is C19H15F4N5O4. The lowest BCUT2D eigenvalue weighted by atomic mass is 10.2. The van der Waals surface area contributed by atoms with Gasteiger partial charge in [0, 0.05) is 5.56 Å². The zero-order valence-corrected chi connectivity index (χ0v) is 16.5. The van der Waals surface area contributed by atoms with Crippen LogP contribution in [0.5, 0.6) is 11.5 Å². The number of halogens is 4. The Hall–Kier alpha value is -4.16. The van der Waals surface area contributed by atoms with E-state index in [1.54, 1.807) is 0 Å². The predicted molar refractivity (Wildman–Crippen MR) is 101 cm³/mol. The molecule has 0 saturated heterocycles. The molecule has 0 fully saturated rings. The molecule has 9 nitrogen and oxygen atoms in total. The molecule has 0 unspecified atom stereocenters. The third-order valence-corrected chi connectivity index (χ3v) is 4.16. The molecule has 3 rings (SSSR count). The number of rotatable bonds is 5. The van der Waals surface area contributed by atoms with Gasteiger partial charge in [-0.3, -0.25) is 20.4 Å². The molecular weight excluding hydrogens is 438 g/mol. The maximum Gasteiger partial charge on any atom is 0.435 e. The maximum atomic E-state index is 13.6. The van der Waals surface area contributed by atoms with Gasteiger partial charge in [-0.2, -0.15) is 13.2 Å². The van der Waals surface area contributed by atoms with Gasteiger partial charge in [0.15, 0.2) is 22.9 Å². The summed E-state index contributed by atoms with van der Waals surface area (Å²) in [5, 5.41) is 6.63. The fourth-order valence-corrected chi connectivity index (χ4v) is 2.67. The van der Waals surface area contributed by atoms with Crippen LogP contribution in [0.1, 0.15) is 26.5 Å². The Bertz CT molecular complexity index is 1150. The number of hydrazine groups is 1. The van der Waals surface area contributed by atoms with Gasteiger partial charge in [-0.1, -0.05) is 5.21 Å². The van der Waals surface area contributed by atoms with Crippen LogP contribution in [-0.4, -0.2) is 41.0 Å². The first-order valence-corrected chi connectivity index (χ1v) is 8.77. The number of hydrogen-bond acceptors (Lipinski definition) is 6. The number of methoxy groups -OCH3 is 2. The monoisotopic (exact) mass is 453 g/mol. The first-order chi connectivity index (χ1) is 15.2. The summed E-state index contributed by atoms with van der Waals surface area (Å²) in [7, 11) is 2.75. The first kappa shape index (κ1) is 22.5. The molecule has 0 aliphatic carbocycles. The normalized spacial score (nSPS) is 11.1. The molecule has 0 spiro atoms. The van der Waals surface area contributed by atoms with Crippen LogP contribution in [0.4, 0.5) is 17.6 Å². The van der Waals surface area contributed by atoms with Crippen LogP contribution in [0.15, 0.2) is 42.5 Å². The van der Waals surface area contributed by atoms with E-state index in [2.05, 4.69) is 10.3 Å². The number of hydrogen-bond donors (Lipinski definition) is 2. The van der Waals surface area contributed by atoms with Crippen molar-refractivity contribution in [2.75, 3.05) is 14.2 Å². The maximum absolute atomic E-state index is 13.6. The van der Waals surface area contributed by atoms with Gasteiger partial charge in [0.2, 0.25) is 0 Å². The van der Waals surface area contributed by atoms with Gasteiger partial charge in [0.1, 0.15) is 5.82 Å². The third-order valence-electron chi connectivity index (χ3n) is 4.16. The van der Waals surface area contributed by atoms with Crippen LogP contribution < -0.4 is 20.3 Å². The molecule has 0 atom stereocenters. The summed E-state index contributed by atoms with van der Waals surface area (Å²) < 4.78 is 64.4. The van der Waals surface area contributed by atoms with Crippen LogP contribution in [0, 0.1) is 5.82 Å². The molecule has 3 aromatic rings. The molecule has 13 heteroatoms. The highest BCUT2D eigenvalue weighted by molar-refractivity contribution is 5.99. The average molecular weight is 453 g/mol. The molecule has 2 amide bonds. The van der Waals surface area contributed by atoms with Crippen molar-refractivity contribution in [2.45, 2.75) is 6.18 Å². The van der Waals surface area contributed by atoms with Crippen LogP contribution in [0.3, 0.4) is 0 Å². The lowest BCUT2D eigenvalue weighted by Gasteiger charge is -2.12. The Morgan fingerprint density at radius 1 is 0.938 bits per heavy atom. The minimum atomic E-state index is -5.03. The van der Waals surface area contributed by atoms with Gasteiger partial charge in [0.05, 0.1) is 19.9 Å². The van der Waals surface area contributed by atoms with Crippen molar-refractivity contribution in [3.05, 3.63) is 65.2 Å². The highest BCUT2D eigenvalue weighted by Crippen LogP contribution is 2.32. The fraction of sp³-hybridized carbons (Fsp3) is 0.158. The number of carbonyl (C=O) groups is 2. The van der Waals surface area contributed by atoms with Crippen molar-refractivity contribution < 1.29 is 36.6 Å². The summed E-state index contributed by atoms with van der Waals surface area (Å²) >= 11 is 0. The van der Waals surface area contributed by atoms with Gasteiger partial charge < -0.3 is 9.47 Å². The number of aromatic nitrogens is 3. The van der Waals surface area contributed by atoms with Gasteiger partial charge in [-0.15, -0.1) is 5.10 Å². The number of nitrogens with zero attached hydrogens (tertiary/aromatic N) is 3. The number of carbonyl (C=O) groups excluding carboxylic acids is 2. The van der Waals surface area contributed by atoms with Gasteiger partial charge >= 0.3 is 6.18 Å². The summed E-state index contributed by atoms with van der Waals surface area (Å²) in [6.07, 6.45) is -5.03. The fourth-order valence-electron chi connectivity index (χ4n) is 2.67. The second kappa shape index (κ2) is 8.91. The van der Waals surface area contributed by atoms with E-state index in [0.717, 1.165) is 24.3 Å². The van der Waals surface area contributed by atoms with E-state index in [1.807, 2.05) is 10.9 Å². The first-order valence-electron chi connectivity index (χ1n) is 8.77. The highest BCUT2D eigenvalue weighted by atomic mass is 19.4. The molecule has 168 valence electrons. The van der Waals surface area contributed by atoms with Crippen LogP contribution in [0.25, 0.3) is 5.69 Å². The van der Waals surface area contributed by atoms with E-state index in [9.17, 15) is 27.2 Å². The van der Waals surface area contributed by atoms with Gasteiger partial charge in [-0.25, -0.2) is 9.07 Å². The van der Waals surface area contributed by atoms with Crippen molar-refractivity contribution in [3.8, 4) is 17.2 Å². The van der Waals surface area contributed by atoms with Crippen molar-refractivity contribution in [2.24, 2.45) is 0 Å². The zero-order valence-electron chi connectivity index (χ0n) is 16.5. The van der Waals surface area contributed by atoms with Crippen molar-refractivity contribution in [3.63, 3.8) is 0 Å². The molecule has 1 heterocycles. The average Bonchev–Trinajstić information content (AvgIpc) is 3.23. The second-order valence-electron chi connectivity index (χ2n) is 6.15. The number of ether oxygens (including phenoxy) is 2. The van der Waals surface area contributed by atoms with E-state index in [4.69, 9.17) is 9.47 Å². The molecule has 32 heavy (non-hydrogen) atoms. The largest absolute Gasteiger partial charge is 0.493 e. The number of nitrogens with one attached hydrogen (secondary N) is 2. The van der Waals surface area contributed by atoms with Crippen molar-refractivity contribution in [1.29, 1.82) is 0 Å². The summed E-state index contributed by atoms with van der Waals surface area (Å²) in [6, 6.07) is 8.05. The van der Waals surface area contributed by atoms with E-state index < -0.39 is 35.2 Å². The Labute approximate surface area is 177 Å². The summed E-state index contributed by atoms with van der Waals surface area (Å²) in [5.41, 5.74) is 1.14. The second-order valence-corrected chi connectivity index (χ2v) is 6.15. The van der Waals surface area contributed by atoms with E-state index in [-0.39, 0.29) is 17.0 Å². The Morgan fingerprint density at radius 2 is 1.56 bits per heavy atom. The third kappa shape index (κ3) is 4.61. The van der Waals surface area contributed by atoms with Crippen molar-refractivity contribution in [1.82, 2.24) is 25.8 Å². The zero-order chi connectivity index (χ0) is 23.5. The predicted octanol–water partition coefficient (Wildman–Crippen LogP) is 2.52. The highest BCUT2D eigenvalue weighted by Gasteiger charge is 2.42. The molecule has 0 aliphatic heterocycles. The summed E-state index contributed by atoms with van der Waals surface area (Å²) in [4.78, 5) is 24.6. The lowest BCUT2D eigenvalue weighted by molar-refractivity contribution is -0.143. The molecule has 2 N–H and O–H groups in total. The van der Waals surface area contributed by atoms with Crippen molar-refractivity contribution >= 4 is 11.8 Å². The molecule has 2 aromatic carbocycles. The van der Waals surface area contributed by atoms with Crippen LogP contribution >= 0.6 is 0 Å². The van der Waals surface area contributed by atoms with E-state index in [0.29, 0.717) is 10.4 Å². The molecule has 0 aliphatic rings. The summed E-state index contributed by atoms with van der Waals surface area (Å²) in [6.45, 7) is 0. The van der Waals surface area contributed by atoms with Gasteiger partial charge in [-0.05, 0) is 42.5 Å². The Morgan fingerprint density at radius 3 is 2.16 bits per heavy atom.